The summed E-state index contributed by atoms with van der Waals surface area (Å²) in [5, 5.41) is 3.32. The van der Waals surface area contributed by atoms with Gasteiger partial charge in [-0.25, -0.2) is 0 Å². The molecule has 94 valence electrons. The monoisotopic (exact) mass is 306 g/mol. The Labute approximate surface area is 115 Å². The van der Waals surface area contributed by atoms with Crippen molar-refractivity contribution in [1.82, 2.24) is 4.98 Å². The summed E-state index contributed by atoms with van der Waals surface area (Å²) in [6.07, 6.45) is 1.87. The zero-order valence-corrected chi connectivity index (χ0v) is 12.0. The molecule has 0 aliphatic rings. The van der Waals surface area contributed by atoms with E-state index in [2.05, 4.69) is 32.3 Å². The fraction of sp³-hybridized carbons (Fsp3) is 0.214. The van der Waals surface area contributed by atoms with Gasteiger partial charge in [-0.2, -0.15) is 0 Å². The minimum absolute atomic E-state index is 0.694. The molecule has 1 aromatic heterocycles. The normalized spacial score (nSPS) is 10.2. The number of pyridine rings is 1. The van der Waals surface area contributed by atoms with Crippen molar-refractivity contribution in [2.24, 2.45) is 0 Å². The highest BCUT2D eigenvalue weighted by Gasteiger charge is 2.00. The molecule has 0 saturated carbocycles. The molecule has 1 heterocycles. The number of hydrogen-bond acceptors (Lipinski definition) is 3. The molecule has 1 N–H and O–H groups in total. The van der Waals surface area contributed by atoms with Gasteiger partial charge in [0, 0.05) is 22.4 Å². The summed E-state index contributed by atoms with van der Waals surface area (Å²) in [6.45, 7) is 2.73. The topological polar surface area (TPSA) is 34.1 Å². The number of aromatic nitrogens is 1. The van der Waals surface area contributed by atoms with Crippen LogP contribution >= 0.6 is 15.9 Å². The third-order valence-corrected chi connectivity index (χ3v) is 3.01. The lowest BCUT2D eigenvalue weighted by atomic mass is 10.2. The summed E-state index contributed by atoms with van der Waals surface area (Å²) in [6, 6.07) is 9.98. The van der Waals surface area contributed by atoms with Crippen LogP contribution in [0.15, 0.2) is 41.0 Å². The summed E-state index contributed by atoms with van der Waals surface area (Å²) in [7, 11) is 1.66. The Hall–Kier alpha value is -1.55. The number of halogens is 1. The van der Waals surface area contributed by atoms with E-state index in [1.807, 2.05) is 37.4 Å². The van der Waals surface area contributed by atoms with Crippen LogP contribution in [0.25, 0.3) is 0 Å². The van der Waals surface area contributed by atoms with E-state index in [1.165, 1.54) is 5.56 Å². The van der Waals surface area contributed by atoms with Crippen molar-refractivity contribution in [3.05, 3.63) is 52.3 Å². The van der Waals surface area contributed by atoms with Gasteiger partial charge in [0.15, 0.2) is 0 Å². The van der Waals surface area contributed by atoms with Gasteiger partial charge in [0.05, 0.1) is 19.3 Å². The lowest BCUT2D eigenvalue weighted by molar-refractivity contribution is 0.414. The van der Waals surface area contributed by atoms with Crippen molar-refractivity contribution in [2.45, 2.75) is 13.5 Å². The average molecular weight is 307 g/mol. The van der Waals surface area contributed by atoms with E-state index >= 15 is 0 Å². The van der Waals surface area contributed by atoms with Crippen molar-refractivity contribution in [3.63, 3.8) is 0 Å². The second-order valence-corrected chi connectivity index (χ2v) is 4.98. The van der Waals surface area contributed by atoms with Crippen molar-refractivity contribution < 1.29 is 4.74 Å². The first-order valence-electron chi connectivity index (χ1n) is 5.67. The van der Waals surface area contributed by atoms with Crippen LogP contribution in [0.4, 0.5) is 5.69 Å². The minimum Gasteiger partial charge on any atom is -0.497 e. The lowest BCUT2D eigenvalue weighted by Crippen LogP contribution is -2.01. The summed E-state index contributed by atoms with van der Waals surface area (Å²) in [5.41, 5.74) is 3.19. The first kappa shape index (κ1) is 12.9. The molecular formula is C14H15BrN2O. The van der Waals surface area contributed by atoms with Gasteiger partial charge in [0.1, 0.15) is 5.75 Å². The largest absolute Gasteiger partial charge is 0.497 e. The van der Waals surface area contributed by atoms with Gasteiger partial charge in [0.2, 0.25) is 0 Å². The fourth-order valence-electron chi connectivity index (χ4n) is 1.58. The van der Waals surface area contributed by atoms with Crippen LogP contribution in [0, 0.1) is 6.92 Å². The maximum absolute atomic E-state index is 5.22. The molecule has 0 spiro atoms. The molecule has 2 rings (SSSR count). The molecule has 2 aromatic rings. The van der Waals surface area contributed by atoms with E-state index in [0.29, 0.717) is 6.54 Å². The third-order valence-electron chi connectivity index (χ3n) is 2.55. The highest BCUT2D eigenvalue weighted by Crippen LogP contribution is 2.24. The average Bonchev–Trinajstić information content (AvgIpc) is 2.37. The number of aryl methyl sites for hydroxylation is 1. The molecular weight excluding hydrogens is 292 g/mol. The molecule has 0 saturated heterocycles. The molecule has 0 atom stereocenters. The van der Waals surface area contributed by atoms with Gasteiger partial charge < -0.3 is 10.1 Å². The number of nitrogens with zero attached hydrogens (tertiary/aromatic N) is 1. The molecule has 18 heavy (non-hydrogen) atoms. The molecule has 0 aliphatic carbocycles. The quantitative estimate of drug-likeness (QED) is 0.933. The first-order valence-corrected chi connectivity index (χ1v) is 6.46. The van der Waals surface area contributed by atoms with Crippen LogP contribution in [0.1, 0.15) is 11.3 Å². The zero-order chi connectivity index (χ0) is 13.0. The minimum atomic E-state index is 0.694. The maximum Gasteiger partial charge on any atom is 0.122 e. The Kier molecular flexibility index (Phi) is 4.20. The number of rotatable bonds is 4. The van der Waals surface area contributed by atoms with Crippen molar-refractivity contribution in [3.8, 4) is 5.75 Å². The summed E-state index contributed by atoms with van der Waals surface area (Å²) >= 11 is 3.45. The molecule has 1 aromatic carbocycles. The van der Waals surface area contributed by atoms with Crippen LogP contribution in [-0.4, -0.2) is 12.1 Å². The Morgan fingerprint density at radius 3 is 2.78 bits per heavy atom. The van der Waals surface area contributed by atoms with Gasteiger partial charge in [-0.1, -0.05) is 22.0 Å². The predicted molar refractivity (Wildman–Crippen MR) is 77.0 cm³/mol. The van der Waals surface area contributed by atoms with E-state index in [4.69, 9.17) is 4.74 Å². The summed E-state index contributed by atoms with van der Waals surface area (Å²) in [4.78, 5) is 4.35. The highest BCUT2D eigenvalue weighted by molar-refractivity contribution is 9.10. The fourth-order valence-corrected chi connectivity index (χ4v) is 2.05. The molecule has 0 radical (unpaired) electrons. The van der Waals surface area contributed by atoms with E-state index in [9.17, 15) is 0 Å². The zero-order valence-electron chi connectivity index (χ0n) is 10.4. The Morgan fingerprint density at radius 1 is 1.28 bits per heavy atom. The number of methoxy groups -OCH3 is 1. The smallest absolute Gasteiger partial charge is 0.122 e. The highest BCUT2D eigenvalue weighted by atomic mass is 79.9. The molecule has 0 aliphatic heterocycles. The Bertz CT molecular complexity index is 526. The standard InChI is InChI=1S/C14H15BrN2O/c1-10-3-4-12(16-8-10)9-17-13-5-11(15)6-14(7-13)18-2/h3-8,17H,9H2,1-2H3. The van der Waals surface area contributed by atoms with E-state index in [-0.39, 0.29) is 0 Å². The van der Waals surface area contributed by atoms with Gasteiger partial charge >= 0.3 is 0 Å². The Balaban J connectivity index is 2.05. The van der Waals surface area contributed by atoms with Crippen LogP contribution in [-0.2, 0) is 6.54 Å². The maximum atomic E-state index is 5.22. The molecule has 0 fully saturated rings. The number of hydrogen-bond donors (Lipinski definition) is 1. The number of benzene rings is 1. The molecule has 4 heteroatoms. The van der Waals surface area contributed by atoms with Crippen molar-refractivity contribution >= 4 is 21.6 Å². The van der Waals surface area contributed by atoms with E-state index in [1.54, 1.807) is 7.11 Å². The van der Waals surface area contributed by atoms with E-state index in [0.717, 1.165) is 21.6 Å². The number of anilines is 1. The van der Waals surface area contributed by atoms with Gasteiger partial charge in [-0.3, -0.25) is 4.98 Å². The van der Waals surface area contributed by atoms with Crippen LogP contribution in [0.2, 0.25) is 0 Å². The molecule has 3 nitrogen and oxygen atoms in total. The third kappa shape index (κ3) is 3.47. The number of ether oxygens (including phenoxy) is 1. The second kappa shape index (κ2) is 5.87. The molecule has 0 bridgehead atoms. The van der Waals surface area contributed by atoms with E-state index < -0.39 is 0 Å². The van der Waals surface area contributed by atoms with Crippen LogP contribution in [0.5, 0.6) is 5.75 Å². The second-order valence-electron chi connectivity index (χ2n) is 4.06. The SMILES string of the molecule is COc1cc(Br)cc(NCc2ccc(C)cn2)c1. The van der Waals surface area contributed by atoms with Crippen LogP contribution in [0.3, 0.4) is 0 Å². The van der Waals surface area contributed by atoms with Crippen molar-refractivity contribution in [1.29, 1.82) is 0 Å². The lowest BCUT2D eigenvalue weighted by Gasteiger charge is -2.09. The first-order chi connectivity index (χ1) is 8.67. The number of nitrogens with one attached hydrogen (secondary N) is 1. The molecule has 0 amide bonds. The molecule has 0 unspecified atom stereocenters. The van der Waals surface area contributed by atoms with Gasteiger partial charge in [-0.05, 0) is 30.7 Å². The van der Waals surface area contributed by atoms with Gasteiger partial charge in [0.25, 0.3) is 0 Å². The van der Waals surface area contributed by atoms with Gasteiger partial charge in [-0.15, -0.1) is 0 Å². The summed E-state index contributed by atoms with van der Waals surface area (Å²) in [5.74, 6) is 0.823. The van der Waals surface area contributed by atoms with Crippen LogP contribution < -0.4 is 10.1 Å². The van der Waals surface area contributed by atoms with Crippen molar-refractivity contribution in [2.75, 3.05) is 12.4 Å². The summed E-state index contributed by atoms with van der Waals surface area (Å²) < 4.78 is 6.21. The Morgan fingerprint density at radius 2 is 2.11 bits per heavy atom. The predicted octanol–water partition coefficient (Wildman–Crippen LogP) is 3.77.